The molecule has 6 nitrogen and oxygen atoms in total. The van der Waals surface area contributed by atoms with E-state index < -0.39 is 0 Å². The fourth-order valence-electron chi connectivity index (χ4n) is 3.76. The van der Waals surface area contributed by atoms with Gasteiger partial charge in [-0.15, -0.1) is 0 Å². The Labute approximate surface area is 192 Å². The number of para-hydroxylation sites is 1. The normalized spacial score (nSPS) is 11.1. The van der Waals surface area contributed by atoms with Gasteiger partial charge in [0.15, 0.2) is 6.61 Å². The fraction of sp³-hybridized carbons (Fsp3) is 0.222. The highest BCUT2D eigenvalue weighted by atomic mass is 16.5. The lowest BCUT2D eigenvalue weighted by Crippen LogP contribution is -2.23. The first-order valence-corrected chi connectivity index (χ1v) is 11.0. The Balaban J connectivity index is 1.48. The number of carbonyl (C=O) groups is 1. The summed E-state index contributed by atoms with van der Waals surface area (Å²) in [6, 6.07) is 20.5. The number of carbonyl (C=O) groups excluding carboxylic acids is 1. The van der Waals surface area contributed by atoms with E-state index in [1.165, 1.54) is 5.56 Å². The van der Waals surface area contributed by atoms with Crippen molar-refractivity contribution in [2.75, 3.05) is 11.9 Å². The molecule has 4 rings (SSSR count). The number of aromatic nitrogens is 2. The van der Waals surface area contributed by atoms with Gasteiger partial charge >= 0.3 is 0 Å². The molecule has 6 heteroatoms. The third kappa shape index (κ3) is 4.80. The van der Waals surface area contributed by atoms with E-state index in [2.05, 4.69) is 24.1 Å². The van der Waals surface area contributed by atoms with Gasteiger partial charge in [-0.1, -0.05) is 38.1 Å². The van der Waals surface area contributed by atoms with Gasteiger partial charge in [-0.3, -0.25) is 14.2 Å². The van der Waals surface area contributed by atoms with E-state index in [0.717, 1.165) is 5.56 Å². The van der Waals surface area contributed by atoms with Crippen LogP contribution >= 0.6 is 0 Å². The van der Waals surface area contributed by atoms with Gasteiger partial charge in [0.05, 0.1) is 16.6 Å². The number of nitrogens with one attached hydrogen (secondary N) is 1. The molecular formula is C27H27N3O3. The van der Waals surface area contributed by atoms with Crippen molar-refractivity contribution in [3.63, 3.8) is 0 Å². The van der Waals surface area contributed by atoms with Crippen LogP contribution in [-0.2, 0) is 4.79 Å². The summed E-state index contributed by atoms with van der Waals surface area (Å²) in [7, 11) is 0. The predicted molar refractivity (Wildman–Crippen MR) is 131 cm³/mol. The van der Waals surface area contributed by atoms with E-state index in [1.807, 2.05) is 62.4 Å². The third-order valence-electron chi connectivity index (χ3n) is 5.60. The van der Waals surface area contributed by atoms with Crippen molar-refractivity contribution in [2.45, 2.75) is 33.6 Å². The molecule has 33 heavy (non-hydrogen) atoms. The Kier molecular flexibility index (Phi) is 6.27. The summed E-state index contributed by atoms with van der Waals surface area (Å²) < 4.78 is 7.20. The van der Waals surface area contributed by atoms with E-state index >= 15 is 0 Å². The summed E-state index contributed by atoms with van der Waals surface area (Å²) in [5.74, 6) is 1.45. The Morgan fingerprint density at radius 3 is 2.45 bits per heavy atom. The second-order valence-corrected chi connectivity index (χ2v) is 8.38. The lowest BCUT2D eigenvalue weighted by molar-refractivity contribution is -0.118. The molecule has 1 aromatic heterocycles. The maximum absolute atomic E-state index is 13.0. The van der Waals surface area contributed by atoms with Crippen LogP contribution in [-0.4, -0.2) is 22.1 Å². The minimum Gasteiger partial charge on any atom is -0.484 e. The molecule has 0 bridgehead atoms. The van der Waals surface area contributed by atoms with Crippen LogP contribution in [0.4, 0.5) is 5.69 Å². The van der Waals surface area contributed by atoms with Crippen LogP contribution in [0.5, 0.6) is 5.75 Å². The highest BCUT2D eigenvalue weighted by molar-refractivity contribution is 5.92. The topological polar surface area (TPSA) is 73.2 Å². The molecule has 0 fully saturated rings. The van der Waals surface area contributed by atoms with Crippen LogP contribution in [0.1, 0.15) is 36.7 Å². The van der Waals surface area contributed by atoms with Gasteiger partial charge in [0, 0.05) is 5.69 Å². The maximum atomic E-state index is 13.0. The molecule has 1 amide bonds. The molecule has 1 N–H and O–H groups in total. The zero-order valence-electron chi connectivity index (χ0n) is 19.3. The monoisotopic (exact) mass is 441 g/mol. The smallest absolute Gasteiger partial charge is 0.265 e. The van der Waals surface area contributed by atoms with E-state index in [-0.39, 0.29) is 18.1 Å². The lowest BCUT2D eigenvalue weighted by atomic mass is 10.0. The first-order valence-electron chi connectivity index (χ1n) is 11.0. The summed E-state index contributed by atoms with van der Waals surface area (Å²) in [6.45, 7) is 7.87. The number of rotatable bonds is 6. The van der Waals surface area contributed by atoms with Crippen molar-refractivity contribution in [3.8, 4) is 11.4 Å². The number of ether oxygens (including phenoxy) is 1. The van der Waals surface area contributed by atoms with Crippen molar-refractivity contribution in [1.82, 2.24) is 9.55 Å². The average molecular weight is 442 g/mol. The van der Waals surface area contributed by atoms with Crippen molar-refractivity contribution in [3.05, 3.63) is 94.0 Å². The molecule has 0 radical (unpaired) electrons. The molecule has 3 aromatic carbocycles. The molecule has 1 heterocycles. The van der Waals surface area contributed by atoms with Crippen molar-refractivity contribution in [1.29, 1.82) is 0 Å². The molecule has 0 aliphatic rings. The van der Waals surface area contributed by atoms with Crippen LogP contribution in [0.2, 0.25) is 0 Å². The highest BCUT2D eigenvalue weighted by Gasteiger charge is 2.12. The molecule has 168 valence electrons. The van der Waals surface area contributed by atoms with E-state index in [9.17, 15) is 9.59 Å². The van der Waals surface area contributed by atoms with Gasteiger partial charge in [0.2, 0.25) is 0 Å². The Morgan fingerprint density at radius 2 is 1.76 bits per heavy atom. The minimum absolute atomic E-state index is 0.0879. The predicted octanol–water partition coefficient (Wildman–Crippen LogP) is 5.14. The lowest BCUT2D eigenvalue weighted by Gasteiger charge is -2.14. The van der Waals surface area contributed by atoms with E-state index in [1.54, 1.807) is 22.8 Å². The number of amides is 1. The number of aryl methyl sites for hydroxylation is 2. The van der Waals surface area contributed by atoms with Gasteiger partial charge in [-0.05, 0) is 73.4 Å². The fourth-order valence-corrected chi connectivity index (χ4v) is 3.76. The minimum atomic E-state index is -0.250. The molecular weight excluding hydrogens is 414 g/mol. The van der Waals surface area contributed by atoms with Gasteiger partial charge in [0.25, 0.3) is 11.5 Å². The van der Waals surface area contributed by atoms with Crippen LogP contribution in [0.25, 0.3) is 16.6 Å². The van der Waals surface area contributed by atoms with Crippen molar-refractivity contribution >= 4 is 22.5 Å². The van der Waals surface area contributed by atoms with E-state index in [4.69, 9.17) is 4.74 Å². The van der Waals surface area contributed by atoms with Crippen LogP contribution in [0.3, 0.4) is 0 Å². The number of hydrogen-bond donors (Lipinski definition) is 1. The van der Waals surface area contributed by atoms with Crippen molar-refractivity contribution in [2.24, 2.45) is 0 Å². The molecule has 0 saturated carbocycles. The Hall–Kier alpha value is -3.93. The number of benzene rings is 3. The maximum Gasteiger partial charge on any atom is 0.265 e. The molecule has 0 spiro atoms. The Bertz CT molecular complexity index is 1370. The summed E-state index contributed by atoms with van der Waals surface area (Å²) in [5, 5.41) is 3.45. The van der Waals surface area contributed by atoms with Gasteiger partial charge < -0.3 is 10.1 Å². The van der Waals surface area contributed by atoms with Crippen LogP contribution in [0, 0.1) is 13.8 Å². The molecule has 0 aliphatic heterocycles. The Morgan fingerprint density at radius 1 is 1.03 bits per heavy atom. The second kappa shape index (κ2) is 9.28. The molecule has 0 unspecified atom stereocenters. The van der Waals surface area contributed by atoms with Gasteiger partial charge in [-0.2, -0.15) is 0 Å². The average Bonchev–Trinajstić information content (AvgIpc) is 2.79. The molecule has 0 aliphatic carbocycles. The van der Waals surface area contributed by atoms with E-state index in [0.29, 0.717) is 39.8 Å². The standard InChI is InChI=1S/C27H27N3O3/c1-17(2)20-9-12-22(13-10-20)33-16-26(31)29-24-14-11-21(15-18(24)3)30-19(4)28-25-8-6-5-7-23(25)27(30)32/h5-15,17H,16H2,1-4H3,(H,29,31). The quantitative estimate of drug-likeness (QED) is 0.449. The summed E-state index contributed by atoms with van der Waals surface area (Å²) in [5.41, 5.74) is 3.98. The first kappa shape index (κ1) is 22.3. The molecule has 4 aromatic rings. The summed E-state index contributed by atoms with van der Waals surface area (Å²) in [6.07, 6.45) is 0. The molecule has 0 atom stereocenters. The van der Waals surface area contributed by atoms with Gasteiger partial charge in [0.1, 0.15) is 11.6 Å². The highest BCUT2D eigenvalue weighted by Crippen LogP contribution is 2.21. The number of hydrogen-bond acceptors (Lipinski definition) is 4. The van der Waals surface area contributed by atoms with Gasteiger partial charge in [-0.25, -0.2) is 4.98 Å². The van der Waals surface area contributed by atoms with Crippen LogP contribution < -0.4 is 15.6 Å². The number of nitrogens with zero attached hydrogens (tertiary/aromatic N) is 2. The summed E-state index contributed by atoms with van der Waals surface area (Å²) >= 11 is 0. The number of anilines is 1. The number of fused-ring (bicyclic) bond motifs is 1. The SMILES string of the molecule is Cc1cc(-n2c(C)nc3ccccc3c2=O)ccc1NC(=O)COc1ccc(C(C)C)cc1. The van der Waals surface area contributed by atoms with Crippen molar-refractivity contribution < 1.29 is 9.53 Å². The third-order valence-corrected chi connectivity index (χ3v) is 5.60. The van der Waals surface area contributed by atoms with Crippen LogP contribution in [0.15, 0.2) is 71.5 Å². The zero-order chi connectivity index (χ0) is 23.5. The largest absolute Gasteiger partial charge is 0.484 e. The second-order valence-electron chi connectivity index (χ2n) is 8.38. The first-order chi connectivity index (χ1) is 15.8. The molecule has 0 saturated heterocycles. The summed E-state index contributed by atoms with van der Waals surface area (Å²) in [4.78, 5) is 30.0. The zero-order valence-corrected chi connectivity index (χ0v) is 19.3.